The second-order valence-electron chi connectivity index (χ2n) is 8.95. The maximum Gasteiger partial charge on any atom is 0.280 e. The number of aromatic amines is 1. The quantitative estimate of drug-likeness (QED) is 0.521. The van der Waals surface area contributed by atoms with Crippen LogP contribution in [-0.4, -0.2) is 52.4 Å². The summed E-state index contributed by atoms with van der Waals surface area (Å²) in [6.45, 7) is 1.81. The van der Waals surface area contributed by atoms with Crippen LogP contribution in [0.1, 0.15) is 62.1 Å². The van der Waals surface area contributed by atoms with Crippen molar-refractivity contribution in [3.05, 3.63) is 51.1 Å². The number of terminal acetylenes is 1. The van der Waals surface area contributed by atoms with Crippen molar-refractivity contribution >= 4 is 34.1 Å². The van der Waals surface area contributed by atoms with E-state index in [0.717, 1.165) is 67.4 Å². The third-order valence-electron chi connectivity index (χ3n) is 6.55. The summed E-state index contributed by atoms with van der Waals surface area (Å²) in [6, 6.07) is 7.20. The first-order valence-corrected chi connectivity index (χ1v) is 12.2. The van der Waals surface area contributed by atoms with Crippen molar-refractivity contribution in [1.82, 2.24) is 25.5 Å². The van der Waals surface area contributed by atoms with Crippen LogP contribution in [0.2, 0.25) is 0 Å². The minimum Gasteiger partial charge on any atom is -0.351 e. The first-order chi connectivity index (χ1) is 16.0. The van der Waals surface area contributed by atoms with E-state index in [1.54, 1.807) is 0 Å². The molecule has 2 unspecified atom stereocenters. The van der Waals surface area contributed by atoms with Crippen LogP contribution >= 0.6 is 11.3 Å². The van der Waals surface area contributed by atoms with Crippen molar-refractivity contribution in [2.75, 3.05) is 13.6 Å². The standard InChI is InChI=1S/C25H27N5O2S/c1-3-15-8-9-17-16(12-15)13-21(26-17)23(31)27-18-6-4-5-7-19(18)28-24(32)25-29-20-10-11-30(2)14-22(20)33-25/h1,8-9,12-13,18-19,26H,4-7,10-11,14H2,2H3,(H,27,31)(H,28,32). The highest BCUT2D eigenvalue weighted by Crippen LogP contribution is 2.26. The van der Waals surface area contributed by atoms with Gasteiger partial charge >= 0.3 is 0 Å². The van der Waals surface area contributed by atoms with Crippen LogP contribution in [0.25, 0.3) is 10.9 Å². The van der Waals surface area contributed by atoms with Crippen molar-refractivity contribution in [2.45, 2.75) is 50.7 Å². The average molecular weight is 462 g/mol. The number of thiazole rings is 1. The molecule has 0 saturated heterocycles. The number of carbonyl (C=O) groups excluding carboxylic acids is 2. The number of H-pyrrole nitrogens is 1. The van der Waals surface area contributed by atoms with E-state index >= 15 is 0 Å². The molecule has 3 heterocycles. The van der Waals surface area contributed by atoms with Crippen molar-refractivity contribution in [2.24, 2.45) is 0 Å². The van der Waals surface area contributed by atoms with Gasteiger partial charge in [0.05, 0.1) is 5.69 Å². The zero-order valence-corrected chi connectivity index (χ0v) is 19.4. The first-order valence-electron chi connectivity index (χ1n) is 11.4. The molecule has 33 heavy (non-hydrogen) atoms. The molecule has 8 heteroatoms. The molecule has 1 aliphatic heterocycles. The number of nitrogens with zero attached hydrogens (tertiary/aromatic N) is 2. The molecule has 2 atom stereocenters. The molecule has 0 radical (unpaired) electrons. The van der Waals surface area contributed by atoms with Gasteiger partial charge in [0.2, 0.25) is 0 Å². The zero-order valence-electron chi connectivity index (χ0n) is 18.6. The van der Waals surface area contributed by atoms with Crippen molar-refractivity contribution in [1.29, 1.82) is 0 Å². The monoisotopic (exact) mass is 461 g/mol. The molecule has 170 valence electrons. The predicted molar refractivity (Wildman–Crippen MR) is 129 cm³/mol. The Balaban J connectivity index is 1.27. The fourth-order valence-corrected chi connectivity index (χ4v) is 5.81. The average Bonchev–Trinajstić information content (AvgIpc) is 3.43. The summed E-state index contributed by atoms with van der Waals surface area (Å²) >= 11 is 1.48. The van der Waals surface area contributed by atoms with Crippen LogP contribution in [0, 0.1) is 12.3 Å². The Hall–Kier alpha value is -3.15. The van der Waals surface area contributed by atoms with Gasteiger partial charge in [0, 0.05) is 52.9 Å². The number of nitrogens with one attached hydrogen (secondary N) is 3. The lowest BCUT2D eigenvalue weighted by molar-refractivity contribution is 0.0860. The van der Waals surface area contributed by atoms with Gasteiger partial charge in [-0.05, 0) is 44.2 Å². The van der Waals surface area contributed by atoms with Crippen LogP contribution in [0.5, 0.6) is 0 Å². The molecule has 1 fully saturated rings. The topological polar surface area (TPSA) is 90.1 Å². The van der Waals surface area contributed by atoms with Crippen LogP contribution < -0.4 is 10.6 Å². The van der Waals surface area contributed by atoms with Gasteiger partial charge in [0.25, 0.3) is 11.8 Å². The molecule has 0 bridgehead atoms. The van der Waals surface area contributed by atoms with E-state index in [2.05, 4.69) is 38.5 Å². The third-order valence-corrected chi connectivity index (χ3v) is 7.63. The van der Waals surface area contributed by atoms with E-state index in [-0.39, 0.29) is 23.9 Å². The Morgan fingerprint density at radius 3 is 2.70 bits per heavy atom. The second-order valence-corrected chi connectivity index (χ2v) is 10.0. The largest absolute Gasteiger partial charge is 0.351 e. The fraction of sp³-hybridized carbons (Fsp3) is 0.400. The summed E-state index contributed by atoms with van der Waals surface area (Å²) in [6.07, 6.45) is 10.1. The molecule has 1 saturated carbocycles. The highest BCUT2D eigenvalue weighted by Gasteiger charge is 2.30. The molecule has 1 aliphatic carbocycles. The number of hydrogen-bond acceptors (Lipinski definition) is 5. The smallest absolute Gasteiger partial charge is 0.280 e. The number of aromatic nitrogens is 2. The van der Waals surface area contributed by atoms with Crippen LogP contribution in [0.15, 0.2) is 24.3 Å². The summed E-state index contributed by atoms with van der Waals surface area (Å²) < 4.78 is 0. The van der Waals surface area contributed by atoms with E-state index in [1.165, 1.54) is 16.2 Å². The van der Waals surface area contributed by atoms with Gasteiger partial charge in [-0.25, -0.2) is 4.98 Å². The molecule has 2 amide bonds. The van der Waals surface area contributed by atoms with Crippen molar-refractivity contribution < 1.29 is 9.59 Å². The summed E-state index contributed by atoms with van der Waals surface area (Å²) in [4.78, 5) is 37.2. The maximum absolute atomic E-state index is 13.0. The lowest BCUT2D eigenvalue weighted by Gasteiger charge is -2.32. The summed E-state index contributed by atoms with van der Waals surface area (Å²) in [5.41, 5.74) is 3.18. The number of fused-ring (bicyclic) bond motifs is 2. The van der Waals surface area contributed by atoms with E-state index in [4.69, 9.17) is 6.42 Å². The van der Waals surface area contributed by atoms with E-state index < -0.39 is 0 Å². The van der Waals surface area contributed by atoms with Crippen LogP contribution in [0.4, 0.5) is 0 Å². The second kappa shape index (κ2) is 9.00. The zero-order chi connectivity index (χ0) is 22.9. The molecule has 2 aliphatic rings. The highest BCUT2D eigenvalue weighted by atomic mass is 32.1. The Bertz CT molecular complexity index is 1250. The lowest BCUT2D eigenvalue weighted by Crippen LogP contribution is -2.53. The SMILES string of the molecule is C#Cc1ccc2[nH]c(C(=O)NC3CCCCC3NC(=O)c3nc4c(s3)CN(C)CC4)cc2c1. The maximum atomic E-state index is 13.0. The molecule has 5 rings (SSSR count). The van der Waals surface area contributed by atoms with Crippen LogP contribution in [-0.2, 0) is 13.0 Å². The van der Waals surface area contributed by atoms with Gasteiger partial charge in [-0.3, -0.25) is 9.59 Å². The molecular weight excluding hydrogens is 434 g/mol. The van der Waals surface area contributed by atoms with Gasteiger partial charge in [0.15, 0.2) is 5.01 Å². The Kier molecular flexibility index (Phi) is 5.92. The molecule has 0 spiro atoms. The Morgan fingerprint density at radius 2 is 1.94 bits per heavy atom. The molecule has 1 aromatic carbocycles. The third kappa shape index (κ3) is 4.52. The number of carbonyl (C=O) groups is 2. The van der Waals surface area contributed by atoms with Gasteiger partial charge in [-0.1, -0.05) is 18.8 Å². The number of amides is 2. The highest BCUT2D eigenvalue weighted by molar-refractivity contribution is 7.13. The summed E-state index contributed by atoms with van der Waals surface area (Å²) in [5.74, 6) is 2.30. The van der Waals surface area contributed by atoms with Crippen molar-refractivity contribution in [3.63, 3.8) is 0 Å². The minimum atomic E-state index is -0.174. The first kappa shape index (κ1) is 21.7. The predicted octanol–water partition coefficient (Wildman–Crippen LogP) is 3.06. The molecule has 2 aromatic heterocycles. The molecule has 7 nitrogen and oxygen atoms in total. The van der Waals surface area contributed by atoms with Gasteiger partial charge in [0.1, 0.15) is 5.69 Å². The number of rotatable bonds is 4. The molecule has 3 aromatic rings. The number of hydrogen-bond donors (Lipinski definition) is 3. The van der Waals surface area contributed by atoms with Gasteiger partial charge in [-0.2, -0.15) is 0 Å². The number of likely N-dealkylation sites (N-methyl/N-ethyl adjacent to an activating group) is 1. The van der Waals surface area contributed by atoms with E-state index in [1.807, 2.05) is 24.3 Å². The summed E-state index contributed by atoms with van der Waals surface area (Å²) in [7, 11) is 2.08. The Labute approximate surface area is 197 Å². The minimum absolute atomic E-state index is 0.115. The lowest BCUT2D eigenvalue weighted by atomic mass is 9.90. The summed E-state index contributed by atoms with van der Waals surface area (Å²) in [5, 5.41) is 7.71. The number of benzene rings is 1. The Morgan fingerprint density at radius 1 is 1.18 bits per heavy atom. The van der Waals surface area contributed by atoms with E-state index in [0.29, 0.717) is 10.7 Å². The van der Waals surface area contributed by atoms with Gasteiger partial charge < -0.3 is 20.5 Å². The molecular formula is C25H27N5O2S. The van der Waals surface area contributed by atoms with Gasteiger partial charge in [-0.15, -0.1) is 17.8 Å². The van der Waals surface area contributed by atoms with Crippen molar-refractivity contribution in [3.8, 4) is 12.3 Å². The fourth-order valence-electron chi connectivity index (χ4n) is 4.72. The normalized spacial score (nSPS) is 20.7. The van der Waals surface area contributed by atoms with Crippen LogP contribution in [0.3, 0.4) is 0 Å². The van der Waals surface area contributed by atoms with E-state index in [9.17, 15) is 9.59 Å². The molecule has 3 N–H and O–H groups in total.